The van der Waals surface area contributed by atoms with Crippen LogP contribution in [0.3, 0.4) is 0 Å². The number of benzene rings is 2. The number of hydrogen-bond acceptors (Lipinski definition) is 2. The molecule has 1 unspecified atom stereocenters. The Morgan fingerprint density at radius 3 is 2.20 bits per heavy atom. The molecule has 2 aromatic carbocycles. The minimum Gasteiger partial charge on any atom is -0.497 e. The van der Waals surface area contributed by atoms with Crippen LogP contribution in [0.25, 0.3) is 0 Å². The van der Waals surface area contributed by atoms with Crippen LogP contribution in [0.5, 0.6) is 5.75 Å². The van der Waals surface area contributed by atoms with Gasteiger partial charge in [-0.05, 0) is 35.4 Å². The Labute approximate surface area is 115 Å². The van der Waals surface area contributed by atoms with Crippen LogP contribution in [0.2, 0.25) is 0 Å². The fraction of sp³-hybridized carbons (Fsp3) is 0.200. The minimum atomic E-state index is -4.37. The van der Waals surface area contributed by atoms with Gasteiger partial charge in [0.25, 0.3) is 0 Å². The van der Waals surface area contributed by atoms with E-state index in [1.165, 1.54) is 13.2 Å². The van der Waals surface area contributed by atoms with Gasteiger partial charge in [0, 0.05) is 0 Å². The predicted molar refractivity (Wildman–Crippen MR) is 70.5 cm³/mol. The summed E-state index contributed by atoms with van der Waals surface area (Å²) in [5, 5.41) is 0. The van der Waals surface area contributed by atoms with E-state index in [1.54, 1.807) is 30.3 Å². The van der Waals surface area contributed by atoms with E-state index in [9.17, 15) is 13.2 Å². The van der Waals surface area contributed by atoms with Crippen molar-refractivity contribution in [3.63, 3.8) is 0 Å². The molecule has 0 saturated heterocycles. The second-order valence-electron chi connectivity index (χ2n) is 4.38. The summed E-state index contributed by atoms with van der Waals surface area (Å²) in [5.41, 5.74) is 6.44. The van der Waals surface area contributed by atoms with Gasteiger partial charge in [0.1, 0.15) is 5.75 Å². The Morgan fingerprint density at radius 2 is 1.60 bits per heavy atom. The molecule has 0 bridgehead atoms. The van der Waals surface area contributed by atoms with Gasteiger partial charge in [-0.1, -0.05) is 24.3 Å². The Kier molecular flexibility index (Phi) is 3.99. The van der Waals surface area contributed by atoms with Gasteiger partial charge in [-0.25, -0.2) is 0 Å². The van der Waals surface area contributed by atoms with Gasteiger partial charge in [-0.15, -0.1) is 0 Å². The summed E-state index contributed by atoms with van der Waals surface area (Å²) in [6.45, 7) is 0. The lowest BCUT2D eigenvalue weighted by molar-refractivity contribution is -0.137. The monoisotopic (exact) mass is 281 g/mol. The molecule has 0 spiro atoms. The third kappa shape index (κ3) is 3.11. The topological polar surface area (TPSA) is 35.2 Å². The number of alkyl halides is 3. The molecule has 2 rings (SSSR count). The second kappa shape index (κ2) is 5.54. The highest BCUT2D eigenvalue weighted by Crippen LogP contribution is 2.32. The molecule has 2 nitrogen and oxygen atoms in total. The highest BCUT2D eigenvalue weighted by atomic mass is 19.4. The number of hydrogen-bond donors (Lipinski definition) is 1. The van der Waals surface area contributed by atoms with E-state index in [1.807, 2.05) is 0 Å². The summed E-state index contributed by atoms with van der Waals surface area (Å²) in [5.74, 6) is 0.616. The Bertz CT molecular complexity index is 596. The van der Waals surface area contributed by atoms with Crippen LogP contribution in [0.1, 0.15) is 22.7 Å². The minimum absolute atomic E-state index is 0.410. The lowest BCUT2D eigenvalue weighted by Gasteiger charge is -2.15. The fourth-order valence-corrected chi connectivity index (χ4v) is 1.94. The van der Waals surface area contributed by atoms with Crippen LogP contribution < -0.4 is 10.5 Å². The first-order chi connectivity index (χ1) is 9.41. The zero-order valence-electron chi connectivity index (χ0n) is 10.8. The molecular weight excluding hydrogens is 267 g/mol. The average molecular weight is 281 g/mol. The van der Waals surface area contributed by atoms with Crippen LogP contribution in [0.4, 0.5) is 13.2 Å². The van der Waals surface area contributed by atoms with Crippen LogP contribution >= 0.6 is 0 Å². The Morgan fingerprint density at radius 1 is 1.00 bits per heavy atom. The Hall–Kier alpha value is -2.01. The lowest BCUT2D eigenvalue weighted by Crippen LogP contribution is -2.13. The van der Waals surface area contributed by atoms with Gasteiger partial charge in [0.05, 0.1) is 18.7 Å². The maximum absolute atomic E-state index is 12.7. The zero-order valence-corrected chi connectivity index (χ0v) is 10.8. The number of rotatable bonds is 3. The highest BCUT2D eigenvalue weighted by Gasteiger charge is 2.30. The summed E-state index contributed by atoms with van der Waals surface area (Å²) in [6, 6.07) is 11.4. The van der Waals surface area contributed by atoms with E-state index in [0.717, 1.165) is 12.1 Å². The maximum atomic E-state index is 12.7. The van der Waals surface area contributed by atoms with Gasteiger partial charge in [0.2, 0.25) is 0 Å². The molecule has 0 aliphatic carbocycles. The number of methoxy groups -OCH3 is 1. The van der Waals surface area contributed by atoms with Crippen molar-refractivity contribution >= 4 is 0 Å². The van der Waals surface area contributed by atoms with Crippen LogP contribution in [-0.2, 0) is 6.18 Å². The van der Waals surface area contributed by atoms with Crippen LogP contribution in [0.15, 0.2) is 48.5 Å². The molecule has 20 heavy (non-hydrogen) atoms. The molecule has 0 fully saturated rings. The molecule has 0 aliphatic heterocycles. The molecule has 2 aromatic rings. The summed E-state index contributed by atoms with van der Waals surface area (Å²) >= 11 is 0. The molecule has 0 radical (unpaired) electrons. The molecular formula is C15H14F3NO. The molecule has 0 aromatic heterocycles. The molecule has 106 valence electrons. The normalized spacial score (nSPS) is 13.1. The van der Waals surface area contributed by atoms with E-state index in [0.29, 0.717) is 16.9 Å². The smallest absolute Gasteiger partial charge is 0.416 e. The quantitative estimate of drug-likeness (QED) is 0.929. The summed E-state index contributed by atoms with van der Waals surface area (Å²) in [7, 11) is 1.52. The average Bonchev–Trinajstić information content (AvgIpc) is 2.46. The first-order valence-electron chi connectivity index (χ1n) is 5.98. The summed E-state index contributed by atoms with van der Waals surface area (Å²) in [6.07, 6.45) is -4.37. The highest BCUT2D eigenvalue weighted by molar-refractivity contribution is 5.38. The summed E-state index contributed by atoms with van der Waals surface area (Å²) < 4.78 is 43.2. The third-order valence-electron chi connectivity index (χ3n) is 3.03. The Balaban J connectivity index is 2.35. The predicted octanol–water partition coefficient (Wildman–Crippen LogP) is 3.76. The van der Waals surface area contributed by atoms with Crippen LogP contribution in [0, 0.1) is 0 Å². The van der Waals surface area contributed by atoms with Crippen molar-refractivity contribution in [2.24, 2.45) is 5.73 Å². The molecule has 2 N–H and O–H groups in total. The van der Waals surface area contributed by atoms with Gasteiger partial charge in [0.15, 0.2) is 0 Å². The molecule has 0 heterocycles. The van der Waals surface area contributed by atoms with E-state index in [-0.39, 0.29) is 0 Å². The second-order valence-corrected chi connectivity index (χ2v) is 4.38. The van der Waals surface area contributed by atoms with Crippen molar-refractivity contribution in [3.8, 4) is 5.75 Å². The number of halogens is 3. The van der Waals surface area contributed by atoms with Gasteiger partial charge < -0.3 is 10.5 Å². The first-order valence-corrected chi connectivity index (χ1v) is 5.98. The molecule has 0 amide bonds. The summed E-state index contributed by atoms with van der Waals surface area (Å²) in [4.78, 5) is 0. The number of ether oxygens (including phenoxy) is 1. The van der Waals surface area contributed by atoms with Gasteiger partial charge >= 0.3 is 6.18 Å². The van der Waals surface area contributed by atoms with Gasteiger partial charge in [-0.3, -0.25) is 0 Å². The van der Waals surface area contributed by atoms with Crippen LogP contribution in [-0.4, -0.2) is 7.11 Å². The largest absolute Gasteiger partial charge is 0.497 e. The zero-order chi connectivity index (χ0) is 14.8. The molecule has 0 saturated carbocycles. The van der Waals surface area contributed by atoms with E-state index < -0.39 is 17.8 Å². The van der Waals surface area contributed by atoms with Crippen molar-refractivity contribution in [1.82, 2.24) is 0 Å². The lowest BCUT2D eigenvalue weighted by atomic mass is 9.97. The van der Waals surface area contributed by atoms with Crippen molar-refractivity contribution in [3.05, 3.63) is 65.2 Å². The van der Waals surface area contributed by atoms with Crippen molar-refractivity contribution in [2.75, 3.05) is 7.11 Å². The van der Waals surface area contributed by atoms with Gasteiger partial charge in [-0.2, -0.15) is 13.2 Å². The van der Waals surface area contributed by atoms with Crippen molar-refractivity contribution in [2.45, 2.75) is 12.2 Å². The third-order valence-corrected chi connectivity index (χ3v) is 3.03. The van der Waals surface area contributed by atoms with Crippen molar-refractivity contribution < 1.29 is 17.9 Å². The van der Waals surface area contributed by atoms with Crippen molar-refractivity contribution in [1.29, 1.82) is 0 Å². The molecule has 1 atom stereocenters. The first kappa shape index (κ1) is 14.4. The molecule has 5 heteroatoms. The SMILES string of the molecule is COc1cccc(C(N)c2cccc(C(F)(F)F)c2)c1. The van der Waals surface area contributed by atoms with E-state index in [2.05, 4.69) is 0 Å². The van der Waals surface area contributed by atoms with E-state index >= 15 is 0 Å². The number of nitrogens with two attached hydrogens (primary N) is 1. The molecule has 0 aliphatic rings. The maximum Gasteiger partial charge on any atom is 0.416 e. The van der Waals surface area contributed by atoms with E-state index in [4.69, 9.17) is 10.5 Å². The standard InChI is InChI=1S/C15H14F3NO/c1-20-13-7-3-5-11(9-13)14(19)10-4-2-6-12(8-10)15(16,17)18/h2-9,14H,19H2,1H3. The fourth-order valence-electron chi connectivity index (χ4n) is 1.94.